The lowest BCUT2D eigenvalue weighted by molar-refractivity contribution is -0.160. The third-order valence-corrected chi connectivity index (χ3v) is 10.5. The van der Waals surface area contributed by atoms with E-state index in [0.717, 1.165) is 37.9 Å². The zero-order valence-corrected chi connectivity index (χ0v) is 17.8. The molecule has 0 spiro atoms. The molecule has 3 heteroatoms. The number of ether oxygens (including phenoxy) is 1. The van der Waals surface area contributed by atoms with Gasteiger partial charge in [0.2, 0.25) is 0 Å². The molecule has 0 aromatic carbocycles. The minimum Gasteiger partial charge on any atom is -0.495 e. The molecule has 28 heavy (non-hydrogen) atoms. The summed E-state index contributed by atoms with van der Waals surface area (Å²) in [4.78, 5) is 12.8. The van der Waals surface area contributed by atoms with E-state index in [2.05, 4.69) is 33.4 Å². The number of allylic oxidation sites excluding steroid dienone is 1. The Morgan fingerprint density at radius 3 is 2.75 bits per heavy atom. The molecule has 5 fully saturated rings. The van der Waals surface area contributed by atoms with E-state index in [1.165, 1.54) is 19.3 Å². The molecule has 0 aliphatic heterocycles. The van der Waals surface area contributed by atoms with Gasteiger partial charge in [0.15, 0.2) is 0 Å². The highest BCUT2D eigenvalue weighted by Crippen LogP contribution is 2.76. The number of nitrogens with zero attached hydrogens (tertiary/aromatic N) is 1. The second kappa shape index (κ2) is 5.87. The molecule has 0 amide bonds. The average molecular weight is 382 g/mol. The lowest BCUT2D eigenvalue weighted by Gasteiger charge is -2.62. The quantitative estimate of drug-likeness (QED) is 0.593. The molecular formula is C25H35NO2. The Balaban J connectivity index is 1.53. The van der Waals surface area contributed by atoms with E-state index in [9.17, 15) is 10.1 Å². The second-order valence-electron chi connectivity index (χ2n) is 11.1. The maximum atomic E-state index is 12.8. The van der Waals surface area contributed by atoms with Crippen LogP contribution in [-0.2, 0) is 9.53 Å². The number of rotatable bonds is 3. The van der Waals surface area contributed by atoms with Gasteiger partial charge in [0.25, 0.3) is 0 Å². The van der Waals surface area contributed by atoms with Gasteiger partial charge in [-0.1, -0.05) is 27.4 Å². The van der Waals surface area contributed by atoms with E-state index >= 15 is 0 Å². The van der Waals surface area contributed by atoms with Crippen LogP contribution in [0.25, 0.3) is 0 Å². The van der Waals surface area contributed by atoms with Gasteiger partial charge in [-0.15, -0.1) is 0 Å². The average Bonchev–Trinajstić information content (AvgIpc) is 3.23. The van der Waals surface area contributed by atoms with E-state index in [0.29, 0.717) is 42.0 Å². The van der Waals surface area contributed by atoms with Crippen LogP contribution in [0.4, 0.5) is 0 Å². The first kappa shape index (κ1) is 18.7. The van der Waals surface area contributed by atoms with Gasteiger partial charge < -0.3 is 4.74 Å². The lowest BCUT2D eigenvalue weighted by atomic mass is 9.40. The van der Waals surface area contributed by atoms with E-state index in [1.807, 2.05) is 0 Å². The molecule has 0 saturated heterocycles. The summed E-state index contributed by atoms with van der Waals surface area (Å²) in [5.74, 6) is 3.83. The smallest absolute Gasteiger partial charge is 0.137 e. The molecule has 9 atom stereocenters. The SMILES string of the molecule is C=C(CC)O[C@H]1CCC2C3C(CCC21C)C1(C)CCC(=O)[C@H]2C[C@@H]3C[C@]21C#N. The summed E-state index contributed by atoms with van der Waals surface area (Å²) in [6.07, 6.45) is 9.53. The zero-order chi connectivity index (χ0) is 19.9. The molecule has 5 aliphatic rings. The first-order valence-corrected chi connectivity index (χ1v) is 11.6. The molecule has 5 unspecified atom stereocenters. The van der Waals surface area contributed by atoms with Gasteiger partial charge in [0, 0.05) is 24.2 Å². The van der Waals surface area contributed by atoms with Gasteiger partial charge in [-0.25, -0.2) is 0 Å². The number of carbonyl (C=O) groups excluding carboxylic acids is 1. The number of hydrogen-bond donors (Lipinski definition) is 0. The van der Waals surface area contributed by atoms with Crippen LogP contribution in [0.5, 0.6) is 0 Å². The maximum absolute atomic E-state index is 12.8. The summed E-state index contributed by atoms with van der Waals surface area (Å²) >= 11 is 0. The van der Waals surface area contributed by atoms with Crippen LogP contribution in [0.2, 0.25) is 0 Å². The van der Waals surface area contributed by atoms with Crippen molar-refractivity contribution < 1.29 is 9.53 Å². The Bertz CT molecular complexity index is 767. The fraction of sp³-hybridized carbons (Fsp3) is 0.840. The number of nitriles is 1. The molecule has 152 valence electrons. The minimum atomic E-state index is -0.382. The topological polar surface area (TPSA) is 50.1 Å². The number of Topliss-reactive ketones (excluding diaryl/α,β-unsaturated/α-hetero) is 1. The Morgan fingerprint density at radius 2 is 2.04 bits per heavy atom. The molecule has 0 radical (unpaired) electrons. The van der Waals surface area contributed by atoms with Crippen molar-refractivity contribution in [2.45, 2.75) is 84.7 Å². The highest BCUT2D eigenvalue weighted by molar-refractivity contribution is 5.84. The van der Waals surface area contributed by atoms with Crippen molar-refractivity contribution in [1.82, 2.24) is 0 Å². The summed E-state index contributed by atoms with van der Waals surface area (Å²) in [6.45, 7) is 11.1. The van der Waals surface area contributed by atoms with Crippen LogP contribution >= 0.6 is 0 Å². The number of ketones is 1. The monoisotopic (exact) mass is 381 g/mol. The van der Waals surface area contributed by atoms with E-state index in [-0.39, 0.29) is 22.2 Å². The van der Waals surface area contributed by atoms with Crippen LogP contribution in [0.1, 0.15) is 78.6 Å². The highest BCUT2D eigenvalue weighted by Gasteiger charge is 2.73. The Kier molecular flexibility index (Phi) is 3.92. The van der Waals surface area contributed by atoms with Crippen molar-refractivity contribution in [3.05, 3.63) is 12.3 Å². The summed E-state index contributed by atoms with van der Waals surface area (Å²) in [5.41, 5.74) is -0.138. The van der Waals surface area contributed by atoms with Crippen molar-refractivity contribution in [2.75, 3.05) is 0 Å². The molecule has 5 aliphatic carbocycles. The standard InChI is InChI=1S/C25H35NO2/c1-5-15(2)28-21-7-6-17-22-16-12-19-20(27)9-11-24(4,25(19,13-16)14-26)18(22)8-10-23(17,21)3/h16-19,21-22H,2,5-13H2,1,3-4H3/t16-,17?,18?,19-,21+,22?,23?,24?,25+/m1/s1. The molecule has 0 N–H and O–H groups in total. The van der Waals surface area contributed by atoms with Crippen LogP contribution in [0.15, 0.2) is 12.3 Å². The van der Waals surface area contributed by atoms with E-state index < -0.39 is 0 Å². The summed E-state index contributed by atoms with van der Waals surface area (Å²) < 4.78 is 6.36. The van der Waals surface area contributed by atoms with Gasteiger partial charge in [0.05, 0.1) is 17.2 Å². The fourth-order valence-electron chi connectivity index (χ4n) is 9.05. The van der Waals surface area contributed by atoms with Gasteiger partial charge >= 0.3 is 0 Å². The molecule has 5 saturated carbocycles. The molecule has 0 heterocycles. The normalized spacial score (nSPS) is 53.9. The Labute approximate surface area is 169 Å². The van der Waals surface area contributed by atoms with Crippen LogP contribution in [0.3, 0.4) is 0 Å². The number of carbonyl (C=O) groups is 1. The van der Waals surface area contributed by atoms with Gasteiger partial charge in [0.1, 0.15) is 11.9 Å². The van der Waals surface area contributed by atoms with E-state index in [1.54, 1.807) is 0 Å². The van der Waals surface area contributed by atoms with Gasteiger partial charge in [-0.2, -0.15) is 5.26 Å². The maximum Gasteiger partial charge on any atom is 0.137 e. The van der Waals surface area contributed by atoms with Crippen LogP contribution in [0, 0.1) is 57.2 Å². The Hall–Kier alpha value is -1.30. The van der Waals surface area contributed by atoms with E-state index in [4.69, 9.17) is 4.74 Å². The molecular weight excluding hydrogens is 346 g/mol. The molecule has 0 aromatic rings. The molecule has 0 aromatic heterocycles. The van der Waals surface area contributed by atoms with Crippen molar-refractivity contribution in [2.24, 2.45) is 45.8 Å². The molecule has 5 rings (SSSR count). The minimum absolute atomic E-state index is 0.00595. The predicted octanol–water partition coefficient (Wildman–Crippen LogP) is 5.66. The molecule has 2 bridgehead atoms. The Morgan fingerprint density at radius 1 is 1.25 bits per heavy atom. The van der Waals surface area contributed by atoms with Crippen molar-refractivity contribution in [1.29, 1.82) is 5.26 Å². The first-order chi connectivity index (χ1) is 13.3. The summed E-state index contributed by atoms with van der Waals surface area (Å²) in [5, 5.41) is 10.3. The van der Waals surface area contributed by atoms with Crippen LogP contribution < -0.4 is 0 Å². The largest absolute Gasteiger partial charge is 0.495 e. The van der Waals surface area contributed by atoms with Gasteiger partial charge in [-0.3, -0.25) is 4.79 Å². The molecule has 3 nitrogen and oxygen atoms in total. The predicted molar refractivity (Wildman–Crippen MR) is 108 cm³/mol. The van der Waals surface area contributed by atoms with Gasteiger partial charge in [-0.05, 0) is 74.0 Å². The summed E-state index contributed by atoms with van der Waals surface area (Å²) in [7, 11) is 0. The van der Waals surface area contributed by atoms with Crippen molar-refractivity contribution >= 4 is 5.78 Å². The number of fused-ring (bicyclic) bond motifs is 6. The highest BCUT2D eigenvalue weighted by atomic mass is 16.5. The van der Waals surface area contributed by atoms with Crippen LogP contribution in [-0.4, -0.2) is 11.9 Å². The number of hydrogen-bond acceptors (Lipinski definition) is 3. The van der Waals surface area contributed by atoms with Crippen molar-refractivity contribution in [3.8, 4) is 6.07 Å². The first-order valence-electron chi connectivity index (χ1n) is 11.6. The fourth-order valence-corrected chi connectivity index (χ4v) is 9.05. The lowest BCUT2D eigenvalue weighted by Crippen LogP contribution is -2.59. The summed E-state index contributed by atoms with van der Waals surface area (Å²) in [6, 6.07) is 2.77. The zero-order valence-electron chi connectivity index (χ0n) is 17.8. The third kappa shape index (κ3) is 2.03. The third-order valence-electron chi connectivity index (χ3n) is 10.5. The second-order valence-corrected chi connectivity index (χ2v) is 11.1. The van der Waals surface area contributed by atoms with Crippen molar-refractivity contribution in [3.63, 3.8) is 0 Å².